The van der Waals surface area contributed by atoms with Crippen molar-refractivity contribution in [1.82, 2.24) is 5.43 Å². The Labute approximate surface area is 98.9 Å². The Morgan fingerprint density at radius 2 is 2.12 bits per heavy atom. The molecule has 4 nitrogen and oxygen atoms in total. The Balaban J connectivity index is 2.63. The monoisotopic (exact) mass is 240 g/mol. The zero-order chi connectivity index (χ0) is 12.2. The van der Waals surface area contributed by atoms with Gasteiger partial charge in [0, 0.05) is 10.6 Å². The fourth-order valence-corrected chi connectivity index (χ4v) is 1.06. The fraction of sp³-hybridized carbons (Fsp3) is 0.273. The van der Waals surface area contributed by atoms with E-state index in [-0.39, 0.29) is 0 Å². The van der Waals surface area contributed by atoms with E-state index >= 15 is 0 Å². The number of benzene rings is 1. The largest absolute Gasteiger partial charge is 0.381 e. The summed E-state index contributed by atoms with van der Waals surface area (Å²) in [6.45, 7) is 2.76. The quantitative estimate of drug-likeness (QED) is 0.622. The molecule has 2 N–H and O–H groups in total. The number of hydrogen-bond donors (Lipinski definition) is 2. The molecule has 5 heteroatoms. The molecular weight excluding hydrogens is 228 g/mol. The fourth-order valence-electron chi connectivity index (χ4n) is 0.877. The summed E-state index contributed by atoms with van der Waals surface area (Å²) in [7, 11) is 0. The summed E-state index contributed by atoms with van der Waals surface area (Å²) in [6.07, 6.45) is 1.42. The zero-order valence-electron chi connectivity index (χ0n) is 9.07. The number of aliphatic hydroxyl groups is 1. The van der Waals surface area contributed by atoms with Gasteiger partial charge < -0.3 is 5.11 Å². The number of hydrogen-bond acceptors (Lipinski definition) is 3. The molecule has 0 fully saturated rings. The molecule has 86 valence electrons. The third kappa shape index (κ3) is 3.64. The van der Waals surface area contributed by atoms with Gasteiger partial charge in [0.25, 0.3) is 5.91 Å². The third-order valence-corrected chi connectivity index (χ3v) is 2.17. The van der Waals surface area contributed by atoms with Crippen molar-refractivity contribution < 1.29 is 9.90 Å². The van der Waals surface area contributed by atoms with Gasteiger partial charge in [-0.1, -0.05) is 29.8 Å². The number of amides is 1. The lowest BCUT2D eigenvalue weighted by Crippen LogP contribution is -2.39. The molecule has 1 aromatic carbocycles. The smallest absolute Gasteiger partial charge is 0.271 e. The van der Waals surface area contributed by atoms with Gasteiger partial charge in [0.2, 0.25) is 0 Å². The molecule has 1 rings (SSSR count). The van der Waals surface area contributed by atoms with Gasteiger partial charge in [-0.25, -0.2) is 5.43 Å². The molecule has 0 unspecified atom stereocenters. The van der Waals surface area contributed by atoms with Crippen molar-refractivity contribution in [3.8, 4) is 0 Å². The van der Waals surface area contributed by atoms with Gasteiger partial charge in [0.05, 0.1) is 6.21 Å². The average Bonchev–Trinajstić information content (AvgIpc) is 2.19. The van der Waals surface area contributed by atoms with E-state index in [4.69, 9.17) is 11.6 Å². The highest BCUT2D eigenvalue weighted by Gasteiger charge is 2.22. The minimum absolute atomic E-state index is 0.545. The van der Waals surface area contributed by atoms with Crippen molar-refractivity contribution in [2.45, 2.75) is 19.4 Å². The first-order chi connectivity index (χ1) is 7.41. The second kappa shape index (κ2) is 5.09. The molecule has 0 aliphatic heterocycles. The highest BCUT2D eigenvalue weighted by molar-refractivity contribution is 6.33. The number of nitrogens with one attached hydrogen (secondary N) is 1. The predicted octanol–water partition coefficient (Wildman–Crippen LogP) is 1.56. The lowest BCUT2D eigenvalue weighted by atomic mass is 10.1. The zero-order valence-corrected chi connectivity index (χ0v) is 9.82. The highest BCUT2D eigenvalue weighted by Crippen LogP contribution is 2.12. The third-order valence-electron chi connectivity index (χ3n) is 1.83. The Hall–Kier alpha value is -1.39. The molecule has 0 aromatic heterocycles. The average molecular weight is 241 g/mol. The minimum atomic E-state index is -1.45. The van der Waals surface area contributed by atoms with Gasteiger partial charge in [-0.15, -0.1) is 0 Å². The van der Waals surface area contributed by atoms with E-state index in [1.165, 1.54) is 20.1 Å². The van der Waals surface area contributed by atoms with Crippen molar-refractivity contribution >= 4 is 23.7 Å². The molecule has 0 atom stereocenters. The normalized spacial score (nSPS) is 11.8. The number of rotatable bonds is 3. The second-order valence-electron chi connectivity index (χ2n) is 3.78. The number of halogens is 1. The van der Waals surface area contributed by atoms with Crippen LogP contribution >= 0.6 is 11.6 Å². The molecule has 0 aliphatic rings. The van der Waals surface area contributed by atoms with Crippen LogP contribution in [0.5, 0.6) is 0 Å². The molecular formula is C11H13ClN2O2. The Bertz CT molecular complexity index is 411. The summed E-state index contributed by atoms with van der Waals surface area (Å²) < 4.78 is 0. The van der Waals surface area contributed by atoms with Crippen molar-refractivity contribution in [1.29, 1.82) is 0 Å². The topological polar surface area (TPSA) is 61.7 Å². The van der Waals surface area contributed by atoms with Crippen molar-refractivity contribution in [2.24, 2.45) is 5.10 Å². The van der Waals surface area contributed by atoms with Gasteiger partial charge in [-0.05, 0) is 19.9 Å². The lowest BCUT2D eigenvalue weighted by Gasteiger charge is -2.13. The van der Waals surface area contributed by atoms with Gasteiger partial charge in [-0.3, -0.25) is 4.79 Å². The van der Waals surface area contributed by atoms with E-state index < -0.39 is 11.5 Å². The number of hydrazone groups is 1. The molecule has 0 saturated heterocycles. The Morgan fingerprint density at radius 3 is 2.69 bits per heavy atom. The van der Waals surface area contributed by atoms with E-state index in [0.717, 1.165) is 0 Å². The van der Waals surface area contributed by atoms with E-state index in [9.17, 15) is 9.90 Å². The van der Waals surface area contributed by atoms with Crippen molar-refractivity contribution in [3.63, 3.8) is 0 Å². The summed E-state index contributed by atoms with van der Waals surface area (Å²) in [4.78, 5) is 11.2. The number of nitrogens with zero attached hydrogens (tertiary/aromatic N) is 1. The summed E-state index contributed by atoms with van der Waals surface area (Å²) >= 11 is 5.88. The van der Waals surface area contributed by atoms with Crippen LogP contribution in [0, 0.1) is 0 Å². The first kappa shape index (κ1) is 12.7. The van der Waals surface area contributed by atoms with Crippen LogP contribution in [0.25, 0.3) is 0 Å². The first-order valence-electron chi connectivity index (χ1n) is 4.71. The van der Waals surface area contributed by atoms with E-state index in [1.807, 2.05) is 6.07 Å². The molecule has 16 heavy (non-hydrogen) atoms. The van der Waals surface area contributed by atoms with Crippen LogP contribution in [0.1, 0.15) is 19.4 Å². The molecule has 1 amide bonds. The maximum absolute atomic E-state index is 11.2. The first-order valence-corrected chi connectivity index (χ1v) is 5.09. The van der Waals surface area contributed by atoms with Crippen LogP contribution in [0.3, 0.4) is 0 Å². The van der Waals surface area contributed by atoms with Crippen LogP contribution in [0.2, 0.25) is 5.02 Å². The molecule has 0 radical (unpaired) electrons. The van der Waals surface area contributed by atoms with Gasteiger partial charge in [-0.2, -0.15) is 5.10 Å². The molecule has 1 aromatic rings. The van der Waals surface area contributed by atoms with Crippen molar-refractivity contribution in [3.05, 3.63) is 34.9 Å². The van der Waals surface area contributed by atoms with Crippen LogP contribution in [0.4, 0.5) is 0 Å². The molecule has 0 heterocycles. The summed E-state index contributed by atoms with van der Waals surface area (Å²) in [5, 5.41) is 13.6. The van der Waals surface area contributed by atoms with Crippen molar-refractivity contribution in [2.75, 3.05) is 0 Å². The van der Waals surface area contributed by atoms with Crippen LogP contribution in [-0.4, -0.2) is 22.8 Å². The van der Waals surface area contributed by atoms with Crippen LogP contribution < -0.4 is 5.43 Å². The van der Waals surface area contributed by atoms with E-state index in [0.29, 0.717) is 10.6 Å². The number of carbonyl (C=O) groups excluding carboxylic acids is 1. The molecule has 0 aliphatic carbocycles. The van der Waals surface area contributed by atoms with Gasteiger partial charge in [0.1, 0.15) is 5.60 Å². The molecule has 0 saturated carbocycles. The van der Waals surface area contributed by atoms with Crippen LogP contribution in [0.15, 0.2) is 29.4 Å². The number of carbonyl (C=O) groups is 1. The van der Waals surface area contributed by atoms with E-state index in [2.05, 4.69) is 10.5 Å². The van der Waals surface area contributed by atoms with Gasteiger partial charge in [0.15, 0.2) is 0 Å². The highest BCUT2D eigenvalue weighted by atomic mass is 35.5. The summed E-state index contributed by atoms with van der Waals surface area (Å²) in [5.74, 6) is -0.573. The van der Waals surface area contributed by atoms with Gasteiger partial charge >= 0.3 is 0 Å². The maximum Gasteiger partial charge on any atom is 0.271 e. The second-order valence-corrected chi connectivity index (χ2v) is 4.19. The standard InChI is InChI=1S/C11H13ClN2O2/c1-11(2,16)10(15)14-13-7-8-5-3-4-6-9(8)12/h3-7,16H,1-2H3,(H,14,15)/b13-7-. The minimum Gasteiger partial charge on any atom is -0.381 e. The maximum atomic E-state index is 11.2. The summed E-state index contributed by atoms with van der Waals surface area (Å²) in [5.41, 5.74) is 1.47. The summed E-state index contributed by atoms with van der Waals surface area (Å²) in [6, 6.07) is 7.10. The Morgan fingerprint density at radius 1 is 1.50 bits per heavy atom. The van der Waals surface area contributed by atoms with E-state index in [1.54, 1.807) is 18.2 Å². The molecule has 0 spiro atoms. The SMILES string of the molecule is CC(C)(O)C(=O)N/N=C\c1ccccc1Cl. The molecule has 0 bridgehead atoms. The van der Waals surface area contributed by atoms with Crippen LogP contribution in [-0.2, 0) is 4.79 Å². The lowest BCUT2D eigenvalue weighted by molar-refractivity contribution is -0.136. The Kier molecular flexibility index (Phi) is 4.04. The predicted molar refractivity (Wildman–Crippen MR) is 63.5 cm³/mol.